The van der Waals surface area contributed by atoms with Crippen LogP contribution in [0.4, 0.5) is 5.69 Å². The molecule has 4 aliphatic carbocycles. The van der Waals surface area contributed by atoms with Gasteiger partial charge in [0.1, 0.15) is 0 Å². The van der Waals surface area contributed by atoms with Crippen LogP contribution in [0.25, 0.3) is 0 Å². The number of hydrogen-bond donors (Lipinski definition) is 2. The van der Waals surface area contributed by atoms with Gasteiger partial charge in [0.25, 0.3) is 0 Å². The van der Waals surface area contributed by atoms with E-state index in [1.165, 1.54) is 6.42 Å². The van der Waals surface area contributed by atoms with Gasteiger partial charge in [0.05, 0.1) is 24.6 Å². The minimum Gasteiger partial charge on any atom is -0.481 e. The molecule has 4 fully saturated rings. The number of amides is 1. The van der Waals surface area contributed by atoms with Gasteiger partial charge in [0.15, 0.2) is 0 Å². The zero-order valence-electron chi connectivity index (χ0n) is 13.5. The van der Waals surface area contributed by atoms with Gasteiger partial charge in [-0.2, -0.15) is 0 Å². The fourth-order valence-electron chi connectivity index (χ4n) is 5.73. The molecular formula is C18H24N2O3. The van der Waals surface area contributed by atoms with Gasteiger partial charge < -0.3 is 15.2 Å². The molecular weight excluding hydrogens is 292 g/mol. The van der Waals surface area contributed by atoms with Crippen molar-refractivity contribution in [2.45, 2.75) is 50.5 Å². The van der Waals surface area contributed by atoms with E-state index in [0.717, 1.165) is 32.1 Å². The second kappa shape index (κ2) is 5.20. The van der Waals surface area contributed by atoms with E-state index in [4.69, 9.17) is 4.74 Å². The van der Waals surface area contributed by atoms with Crippen LogP contribution < -0.4 is 10.1 Å². The number of anilines is 1. The van der Waals surface area contributed by atoms with Gasteiger partial charge in [0, 0.05) is 12.5 Å². The van der Waals surface area contributed by atoms with Crippen LogP contribution in [-0.4, -0.2) is 28.7 Å². The topological polar surface area (TPSA) is 71.5 Å². The van der Waals surface area contributed by atoms with E-state index < -0.39 is 5.60 Å². The first-order chi connectivity index (χ1) is 11.0. The van der Waals surface area contributed by atoms with Gasteiger partial charge in [-0.25, -0.2) is 4.98 Å². The zero-order valence-corrected chi connectivity index (χ0v) is 13.5. The van der Waals surface area contributed by atoms with Crippen LogP contribution in [-0.2, 0) is 4.79 Å². The second-order valence-corrected chi connectivity index (χ2v) is 8.00. The summed E-state index contributed by atoms with van der Waals surface area (Å²) in [5.74, 6) is 1.78. The molecule has 1 heterocycles. The highest BCUT2D eigenvalue weighted by atomic mass is 16.5. The molecule has 1 amide bonds. The van der Waals surface area contributed by atoms with Crippen LogP contribution in [0.15, 0.2) is 18.3 Å². The number of carbonyl (C=O) groups is 1. The van der Waals surface area contributed by atoms with Gasteiger partial charge in [-0.05, 0) is 61.8 Å². The highest BCUT2D eigenvalue weighted by molar-refractivity contribution is 5.91. The van der Waals surface area contributed by atoms with Crippen LogP contribution in [0.5, 0.6) is 5.88 Å². The van der Waals surface area contributed by atoms with Crippen molar-refractivity contribution in [3.05, 3.63) is 18.3 Å². The predicted octanol–water partition coefficient (Wildman–Crippen LogP) is 2.75. The molecule has 4 aliphatic rings. The number of methoxy groups -OCH3 is 1. The van der Waals surface area contributed by atoms with E-state index in [1.807, 2.05) is 0 Å². The number of ether oxygens (including phenoxy) is 1. The largest absolute Gasteiger partial charge is 0.481 e. The van der Waals surface area contributed by atoms with E-state index in [9.17, 15) is 9.90 Å². The first-order valence-corrected chi connectivity index (χ1v) is 8.50. The standard InChI is InChI=1S/C18H24N2O3/c1-23-16-3-2-14(10-19-16)20-15(21)9-17-5-12-4-13(6-17)8-18(22,7-12)11-17/h2-3,10,12-13,22H,4-9,11H2,1H3,(H,20,21)/t12-,13+,17?,18?. The average molecular weight is 316 g/mol. The number of hydrogen-bond acceptors (Lipinski definition) is 4. The number of nitrogens with zero attached hydrogens (tertiary/aromatic N) is 1. The molecule has 0 saturated heterocycles. The smallest absolute Gasteiger partial charge is 0.224 e. The zero-order chi connectivity index (χ0) is 16.1. The van der Waals surface area contributed by atoms with Crippen LogP contribution in [0, 0.1) is 17.3 Å². The third kappa shape index (κ3) is 2.82. The van der Waals surface area contributed by atoms with Crippen molar-refractivity contribution in [1.82, 2.24) is 4.98 Å². The molecule has 1 aromatic heterocycles. The summed E-state index contributed by atoms with van der Waals surface area (Å²) in [6.45, 7) is 0. The number of pyridine rings is 1. The van der Waals surface area contributed by atoms with E-state index >= 15 is 0 Å². The minimum absolute atomic E-state index is 0.00279. The average Bonchev–Trinajstić information content (AvgIpc) is 2.44. The summed E-state index contributed by atoms with van der Waals surface area (Å²) >= 11 is 0. The molecule has 4 bridgehead atoms. The Kier molecular flexibility index (Phi) is 3.38. The lowest BCUT2D eigenvalue weighted by atomic mass is 9.47. The van der Waals surface area contributed by atoms with Crippen molar-refractivity contribution < 1.29 is 14.6 Å². The predicted molar refractivity (Wildman–Crippen MR) is 86.1 cm³/mol. The third-order valence-electron chi connectivity index (χ3n) is 5.92. The lowest BCUT2D eigenvalue weighted by Gasteiger charge is -2.60. The van der Waals surface area contributed by atoms with Gasteiger partial charge in [-0.3, -0.25) is 4.79 Å². The summed E-state index contributed by atoms with van der Waals surface area (Å²) in [6.07, 6.45) is 8.23. The summed E-state index contributed by atoms with van der Waals surface area (Å²) < 4.78 is 5.02. The maximum atomic E-state index is 12.5. The summed E-state index contributed by atoms with van der Waals surface area (Å²) in [4.78, 5) is 16.6. The Hall–Kier alpha value is -1.62. The fourth-order valence-corrected chi connectivity index (χ4v) is 5.73. The summed E-state index contributed by atoms with van der Waals surface area (Å²) in [6, 6.07) is 3.54. The van der Waals surface area contributed by atoms with Crippen LogP contribution in [0.1, 0.15) is 44.9 Å². The third-order valence-corrected chi connectivity index (χ3v) is 5.92. The molecule has 0 radical (unpaired) electrons. The molecule has 2 N–H and O–H groups in total. The molecule has 4 saturated carbocycles. The molecule has 1 aromatic rings. The first kappa shape index (κ1) is 14.9. The monoisotopic (exact) mass is 316 g/mol. The van der Waals surface area contributed by atoms with Crippen LogP contribution in [0.2, 0.25) is 0 Å². The van der Waals surface area contributed by atoms with Gasteiger partial charge >= 0.3 is 0 Å². The Morgan fingerprint density at radius 3 is 2.65 bits per heavy atom. The fraction of sp³-hybridized carbons (Fsp3) is 0.667. The number of aromatic nitrogens is 1. The highest BCUT2D eigenvalue weighted by Gasteiger charge is 2.57. The summed E-state index contributed by atoms with van der Waals surface area (Å²) in [7, 11) is 1.57. The normalized spacial score (nSPS) is 37.7. The van der Waals surface area contributed by atoms with Crippen LogP contribution >= 0.6 is 0 Å². The molecule has 124 valence electrons. The summed E-state index contributed by atoms with van der Waals surface area (Å²) in [5.41, 5.74) is 0.189. The van der Waals surface area contributed by atoms with Crippen molar-refractivity contribution in [1.29, 1.82) is 0 Å². The van der Waals surface area contributed by atoms with Crippen molar-refractivity contribution in [2.24, 2.45) is 17.3 Å². The van der Waals surface area contributed by atoms with Gasteiger partial charge in [-0.1, -0.05) is 0 Å². The van der Waals surface area contributed by atoms with Crippen LogP contribution in [0.3, 0.4) is 0 Å². The Balaban J connectivity index is 1.44. The SMILES string of the molecule is COc1ccc(NC(=O)CC23C[C@@H]4C[C@@H](CC(O)(C4)C2)C3)cn1. The van der Waals surface area contributed by atoms with E-state index in [0.29, 0.717) is 29.8 Å². The van der Waals surface area contributed by atoms with Crippen molar-refractivity contribution in [3.63, 3.8) is 0 Å². The van der Waals surface area contributed by atoms with E-state index in [2.05, 4.69) is 10.3 Å². The first-order valence-electron chi connectivity index (χ1n) is 8.50. The van der Waals surface area contributed by atoms with Crippen molar-refractivity contribution >= 4 is 11.6 Å². The molecule has 5 rings (SSSR count). The molecule has 0 aliphatic heterocycles. The quantitative estimate of drug-likeness (QED) is 0.896. The number of carbonyl (C=O) groups excluding carboxylic acids is 1. The van der Waals surface area contributed by atoms with Crippen molar-refractivity contribution in [3.8, 4) is 5.88 Å². The molecule has 23 heavy (non-hydrogen) atoms. The number of rotatable bonds is 4. The van der Waals surface area contributed by atoms with E-state index in [-0.39, 0.29) is 11.3 Å². The molecule has 5 nitrogen and oxygen atoms in total. The molecule has 0 spiro atoms. The Morgan fingerprint density at radius 2 is 2.09 bits per heavy atom. The maximum absolute atomic E-state index is 12.5. The number of aliphatic hydroxyl groups is 1. The Morgan fingerprint density at radius 1 is 1.35 bits per heavy atom. The van der Waals surface area contributed by atoms with Gasteiger partial charge in [0.2, 0.25) is 11.8 Å². The molecule has 4 atom stereocenters. The lowest BCUT2D eigenvalue weighted by Crippen LogP contribution is -2.56. The van der Waals surface area contributed by atoms with E-state index in [1.54, 1.807) is 25.4 Å². The van der Waals surface area contributed by atoms with Crippen molar-refractivity contribution in [2.75, 3.05) is 12.4 Å². The number of nitrogens with one attached hydrogen (secondary N) is 1. The molecule has 5 heteroatoms. The minimum atomic E-state index is -0.508. The molecule has 2 unspecified atom stereocenters. The Bertz CT molecular complexity index is 599. The molecule has 0 aromatic carbocycles. The Labute approximate surface area is 136 Å². The lowest BCUT2D eigenvalue weighted by molar-refractivity contribution is -0.167. The second-order valence-electron chi connectivity index (χ2n) is 8.00. The maximum Gasteiger partial charge on any atom is 0.224 e. The van der Waals surface area contributed by atoms with Gasteiger partial charge in [-0.15, -0.1) is 0 Å². The summed E-state index contributed by atoms with van der Waals surface area (Å²) in [5, 5.41) is 13.7. The highest BCUT2D eigenvalue weighted by Crippen LogP contribution is 2.62.